The molecule has 0 atom stereocenters. The molecule has 74 valence electrons. The first kappa shape index (κ1) is 9.80. The van der Waals surface area contributed by atoms with Crippen molar-refractivity contribution in [2.45, 2.75) is 6.92 Å². The molecule has 2 aromatic heterocycles. The summed E-state index contributed by atoms with van der Waals surface area (Å²) < 4.78 is 2.44. The van der Waals surface area contributed by atoms with Crippen molar-refractivity contribution < 1.29 is 0 Å². The molecule has 0 radical (unpaired) electrons. The SMILES string of the molecule is Cc1nc(C#N)cc(-n2cc(Br)cn2)n1. The van der Waals surface area contributed by atoms with Crippen molar-refractivity contribution in [2.75, 3.05) is 0 Å². The zero-order chi connectivity index (χ0) is 10.8. The highest BCUT2D eigenvalue weighted by atomic mass is 79.9. The molecule has 0 saturated carbocycles. The van der Waals surface area contributed by atoms with Crippen LogP contribution in [0, 0.1) is 18.3 Å². The van der Waals surface area contributed by atoms with Crippen LogP contribution in [-0.2, 0) is 0 Å². The van der Waals surface area contributed by atoms with Gasteiger partial charge in [-0.3, -0.25) is 0 Å². The van der Waals surface area contributed by atoms with Gasteiger partial charge in [-0.15, -0.1) is 0 Å². The molecule has 2 heterocycles. The van der Waals surface area contributed by atoms with Gasteiger partial charge >= 0.3 is 0 Å². The van der Waals surface area contributed by atoms with Crippen LogP contribution in [0.25, 0.3) is 5.82 Å². The Hall–Kier alpha value is -1.74. The number of hydrogen-bond acceptors (Lipinski definition) is 4. The van der Waals surface area contributed by atoms with E-state index in [-0.39, 0.29) is 0 Å². The van der Waals surface area contributed by atoms with E-state index < -0.39 is 0 Å². The third-order valence-electron chi connectivity index (χ3n) is 1.72. The molecule has 0 aliphatic rings. The van der Waals surface area contributed by atoms with E-state index in [9.17, 15) is 0 Å². The van der Waals surface area contributed by atoms with Gasteiger partial charge in [0.2, 0.25) is 0 Å². The van der Waals surface area contributed by atoms with Crippen LogP contribution in [-0.4, -0.2) is 19.7 Å². The molecule has 5 nitrogen and oxygen atoms in total. The predicted molar refractivity (Wildman–Crippen MR) is 56.3 cm³/mol. The second-order valence-corrected chi connectivity index (χ2v) is 3.79. The topological polar surface area (TPSA) is 67.4 Å². The lowest BCUT2D eigenvalue weighted by Gasteiger charge is -2.01. The van der Waals surface area contributed by atoms with E-state index in [1.54, 1.807) is 30.1 Å². The van der Waals surface area contributed by atoms with E-state index in [1.807, 2.05) is 6.07 Å². The van der Waals surface area contributed by atoms with Crippen LogP contribution >= 0.6 is 15.9 Å². The second kappa shape index (κ2) is 3.79. The molecule has 0 unspecified atom stereocenters. The Morgan fingerprint density at radius 1 is 1.47 bits per heavy atom. The standard InChI is InChI=1S/C9H6BrN5/c1-6-13-8(3-11)2-9(14-6)15-5-7(10)4-12-15/h2,4-5H,1H3. The van der Waals surface area contributed by atoms with Crippen molar-refractivity contribution in [1.29, 1.82) is 5.26 Å². The third-order valence-corrected chi connectivity index (χ3v) is 2.13. The van der Waals surface area contributed by atoms with Gasteiger partial charge in [-0.25, -0.2) is 14.6 Å². The number of halogens is 1. The fourth-order valence-electron chi connectivity index (χ4n) is 1.15. The van der Waals surface area contributed by atoms with E-state index in [0.717, 1.165) is 4.47 Å². The lowest BCUT2D eigenvalue weighted by Crippen LogP contribution is -2.02. The zero-order valence-corrected chi connectivity index (χ0v) is 9.43. The summed E-state index contributed by atoms with van der Waals surface area (Å²) in [6, 6.07) is 3.57. The maximum atomic E-state index is 8.76. The molecule has 0 amide bonds. The smallest absolute Gasteiger partial charge is 0.158 e. The minimum absolute atomic E-state index is 0.337. The van der Waals surface area contributed by atoms with Crippen LogP contribution in [0.4, 0.5) is 0 Å². The van der Waals surface area contributed by atoms with E-state index in [4.69, 9.17) is 5.26 Å². The van der Waals surface area contributed by atoms with E-state index in [0.29, 0.717) is 17.3 Å². The van der Waals surface area contributed by atoms with Gasteiger partial charge in [0.05, 0.1) is 10.7 Å². The Kier molecular flexibility index (Phi) is 2.47. The number of nitrogens with zero attached hydrogens (tertiary/aromatic N) is 5. The molecule has 0 spiro atoms. The Bertz CT molecular complexity index is 540. The fourth-order valence-corrected chi connectivity index (χ4v) is 1.44. The first-order valence-electron chi connectivity index (χ1n) is 4.15. The number of aryl methyl sites for hydroxylation is 1. The number of aromatic nitrogens is 4. The van der Waals surface area contributed by atoms with Gasteiger partial charge < -0.3 is 0 Å². The van der Waals surface area contributed by atoms with Crippen molar-refractivity contribution in [3.63, 3.8) is 0 Å². The number of hydrogen-bond donors (Lipinski definition) is 0. The van der Waals surface area contributed by atoms with Gasteiger partial charge in [-0.2, -0.15) is 10.4 Å². The lowest BCUT2D eigenvalue weighted by atomic mass is 10.4. The fraction of sp³-hybridized carbons (Fsp3) is 0.111. The number of nitriles is 1. The van der Waals surface area contributed by atoms with Crippen molar-refractivity contribution in [2.24, 2.45) is 0 Å². The van der Waals surface area contributed by atoms with Crippen molar-refractivity contribution in [3.8, 4) is 11.9 Å². The zero-order valence-electron chi connectivity index (χ0n) is 7.85. The lowest BCUT2D eigenvalue weighted by molar-refractivity contribution is 0.825. The highest BCUT2D eigenvalue weighted by Gasteiger charge is 2.04. The molecule has 2 aromatic rings. The van der Waals surface area contributed by atoms with Gasteiger partial charge in [0, 0.05) is 12.3 Å². The molecule has 0 N–H and O–H groups in total. The summed E-state index contributed by atoms with van der Waals surface area (Å²) in [4.78, 5) is 8.14. The highest BCUT2D eigenvalue weighted by Crippen LogP contribution is 2.11. The van der Waals surface area contributed by atoms with E-state index in [2.05, 4.69) is 31.0 Å². The van der Waals surface area contributed by atoms with Crippen molar-refractivity contribution >= 4 is 15.9 Å². The maximum absolute atomic E-state index is 8.76. The molecule has 0 bridgehead atoms. The normalized spacial score (nSPS) is 9.93. The summed E-state index contributed by atoms with van der Waals surface area (Å²) in [5.74, 6) is 1.14. The Morgan fingerprint density at radius 3 is 2.87 bits per heavy atom. The quantitative estimate of drug-likeness (QED) is 0.784. The van der Waals surface area contributed by atoms with Crippen LogP contribution in [0.15, 0.2) is 22.9 Å². The average molecular weight is 264 g/mol. The summed E-state index contributed by atoms with van der Waals surface area (Å²) in [5, 5.41) is 12.8. The van der Waals surface area contributed by atoms with Gasteiger partial charge in [0.25, 0.3) is 0 Å². The van der Waals surface area contributed by atoms with Crippen LogP contribution in [0.3, 0.4) is 0 Å². The minimum atomic E-state index is 0.337. The van der Waals surface area contributed by atoms with E-state index in [1.165, 1.54) is 0 Å². The molecule has 0 aliphatic carbocycles. The molecule has 2 rings (SSSR count). The van der Waals surface area contributed by atoms with Gasteiger partial charge in [0.15, 0.2) is 5.82 Å². The Morgan fingerprint density at radius 2 is 2.27 bits per heavy atom. The first-order chi connectivity index (χ1) is 7.19. The van der Waals surface area contributed by atoms with Crippen LogP contribution in [0.2, 0.25) is 0 Å². The van der Waals surface area contributed by atoms with Crippen LogP contribution in [0.1, 0.15) is 11.5 Å². The minimum Gasteiger partial charge on any atom is -0.222 e. The summed E-state index contributed by atoms with van der Waals surface area (Å²) in [6.07, 6.45) is 3.42. The van der Waals surface area contributed by atoms with Crippen molar-refractivity contribution in [3.05, 3.63) is 34.5 Å². The predicted octanol–water partition coefficient (Wildman–Crippen LogP) is 1.60. The molecular weight excluding hydrogens is 258 g/mol. The average Bonchev–Trinajstić information content (AvgIpc) is 2.64. The summed E-state index contributed by atoms with van der Waals surface area (Å²) >= 11 is 3.29. The first-order valence-corrected chi connectivity index (χ1v) is 4.94. The Balaban J connectivity index is 2.54. The molecule has 0 aliphatic heterocycles. The number of rotatable bonds is 1. The molecule has 15 heavy (non-hydrogen) atoms. The Labute approximate surface area is 94.5 Å². The molecule has 0 saturated heterocycles. The molecular formula is C9H6BrN5. The maximum Gasteiger partial charge on any atom is 0.158 e. The van der Waals surface area contributed by atoms with Gasteiger partial charge in [0.1, 0.15) is 17.6 Å². The summed E-state index contributed by atoms with van der Waals surface area (Å²) in [7, 11) is 0. The second-order valence-electron chi connectivity index (χ2n) is 2.87. The van der Waals surface area contributed by atoms with Crippen molar-refractivity contribution in [1.82, 2.24) is 19.7 Å². The van der Waals surface area contributed by atoms with Crippen LogP contribution < -0.4 is 0 Å². The van der Waals surface area contributed by atoms with E-state index >= 15 is 0 Å². The third kappa shape index (κ3) is 2.02. The molecule has 6 heteroatoms. The van der Waals surface area contributed by atoms with Gasteiger partial charge in [-0.05, 0) is 22.9 Å². The van der Waals surface area contributed by atoms with Crippen LogP contribution in [0.5, 0.6) is 0 Å². The molecule has 0 aromatic carbocycles. The largest absolute Gasteiger partial charge is 0.222 e. The monoisotopic (exact) mass is 263 g/mol. The highest BCUT2D eigenvalue weighted by molar-refractivity contribution is 9.10. The summed E-state index contributed by atoms with van der Waals surface area (Å²) in [6.45, 7) is 1.74. The summed E-state index contributed by atoms with van der Waals surface area (Å²) in [5.41, 5.74) is 0.337. The van der Waals surface area contributed by atoms with Gasteiger partial charge in [-0.1, -0.05) is 0 Å². The molecule has 0 fully saturated rings.